The zero-order valence-electron chi connectivity index (χ0n) is 35.8. The van der Waals surface area contributed by atoms with Crippen molar-refractivity contribution in [2.45, 2.75) is 39.2 Å². The van der Waals surface area contributed by atoms with Gasteiger partial charge in [-0.05, 0) is 101 Å². The molecule has 0 spiro atoms. The van der Waals surface area contributed by atoms with Crippen molar-refractivity contribution in [1.82, 2.24) is 0 Å². The molecular weight excluding hydrogens is 812 g/mol. The van der Waals surface area contributed by atoms with Crippen molar-refractivity contribution >= 4 is 50.5 Å². The van der Waals surface area contributed by atoms with Gasteiger partial charge in [-0.2, -0.15) is 9.49 Å². The molecule has 0 aliphatic heterocycles. The molecule has 0 bridgehead atoms. The van der Waals surface area contributed by atoms with Crippen LogP contribution in [0.2, 0.25) is 0 Å². The molecule has 0 radical (unpaired) electrons. The number of fused-ring (bicyclic) bond motifs is 3. The lowest BCUT2D eigenvalue weighted by Gasteiger charge is -2.19. The summed E-state index contributed by atoms with van der Waals surface area (Å²) in [6.07, 6.45) is 4.28. The van der Waals surface area contributed by atoms with Crippen LogP contribution in [0.4, 0.5) is 4.39 Å². The van der Waals surface area contributed by atoms with Gasteiger partial charge in [0, 0.05) is 16.3 Å². The second-order valence-electron chi connectivity index (χ2n) is 14.8. The Kier molecular flexibility index (Phi) is 15.4. The lowest BCUT2D eigenvalue weighted by Crippen LogP contribution is -2.13. The van der Waals surface area contributed by atoms with E-state index in [4.69, 9.17) is 28.8 Å². The van der Waals surface area contributed by atoms with E-state index in [-0.39, 0.29) is 32.5 Å². The number of hydrogen-bond acceptors (Lipinski definition) is 10. The molecule has 11 heteroatoms. The molecule has 64 heavy (non-hydrogen) atoms. The molecule has 7 rings (SSSR count). The van der Waals surface area contributed by atoms with Crippen molar-refractivity contribution in [2.75, 3.05) is 33.0 Å². The molecule has 0 aliphatic carbocycles. The van der Waals surface area contributed by atoms with E-state index >= 15 is 0 Å². The van der Waals surface area contributed by atoms with Crippen LogP contribution in [0.3, 0.4) is 0 Å². The summed E-state index contributed by atoms with van der Waals surface area (Å²) in [4.78, 5) is 24.8. The van der Waals surface area contributed by atoms with Crippen LogP contribution in [-0.2, 0) is 14.3 Å². The maximum absolute atomic E-state index is 13.7. The van der Waals surface area contributed by atoms with E-state index in [1.165, 1.54) is 0 Å². The summed E-state index contributed by atoms with van der Waals surface area (Å²) in [6, 6.07) is 44.3. The van der Waals surface area contributed by atoms with E-state index in [9.17, 15) is 14.0 Å². The molecule has 0 aromatic heterocycles. The van der Waals surface area contributed by atoms with Crippen LogP contribution in [0.1, 0.15) is 60.7 Å². The quantitative estimate of drug-likeness (QED) is 0.0186. The Morgan fingerprint density at radius 2 is 1.30 bits per heavy atom. The molecule has 1 unspecified atom stereocenters. The van der Waals surface area contributed by atoms with E-state index < -0.39 is 17.8 Å². The number of hydrogen-bond donors (Lipinski definition) is 0. The van der Waals surface area contributed by atoms with Gasteiger partial charge in [-0.15, -0.1) is 5.10 Å². The van der Waals surface area contributed by atoms with Crippen molar-refractivity contribution in [3.8, 4) is 23.0 Å². The number of ether oxygens (including phenoxy) is 6. The van der Waals surface area contributed by atoms with Crippen LogP contribution in [-0.4, -0.2) is 51.2 Å². The van der Waals surface area contributed by atoms with Crippen LogP contribution in [0.5, 0.6) is 23.0 Å². The number of carbonyl (C=O) groups is 2. The summed E-state index contributed by atoms with van der Waals surface area (Å²) in [5.74, 6) is -0.531. The monoisotopic (exact) mass is 860 g/mol. The topological polar surface area (TPSA) is 114 Å². The highest BCUT2D eigenvalue weighted by Gasteiger charge is 2.17. The summed E-state index contributed by atoms with van der Waals surface area (Å²) >= 11 is 0. The predicted molar refractivity (Wildman–Crippen MR) is 248 cm³/mol. The summed E-state index contributed by atoms with van der Waals surface area (Å²) in [5.41, 5.74) is 1.91. The highest BCUT2D eigenvalue weighted by atomic mass is 19.1. The first-order valence-electron chi connectivity index (χ1n) is 21.3. The molecule has 0 fully saturated rings. The Bertz CT molecular complexity index is 2780. The Morgan fingerprint density at radius 1 is 0.672 bits per heavy atom. The molecule has 326 valence electrons. The predicted octanol–water partition coefficient (Wildman–Crippen LogP) is 11.4. The molecule has 0 aliphatic rings. The first-order valence-corrected chi connectivity index (χ1v) is 21.3. The van der Waals surface area contributed by atoms with Gasteiger partial charge in [0.15, 0.2) is 0 Å². The number of rotatable bonds is 20. The van der Waals surface area contributed by atoms with Crippen LogP contribution in [0, 0.1) is 0 Å². The fourth-order valence-corrected chi connectivity index (χ4v) is 7.00. The van der Waals surface area contributed by atoms with E-state index in [2.05, 4.69) is 42.4 Å². The molecule has 1 atom stereocenters. The number of unbranched alkanes of at least 4 members (excludes halogenated alkanes) is 1. The maximum atomic E-state index is 13.7. The minimum atomic E-state index is -1.16. The molecule has 7 aromatic carbocycles. The summed E-state index contributed by atoms with van der Waals surface area (Å²) in [5, 5.41) is 15.8. The van der Waals surface area contributed by atoms with Crippen LogP contribution in [0.25, 0.3) is 32.3 Å². The first kappa shape index (κ1) is 44.7. The zero-order valence-corrected chi connectivity index (χ0v) is 35.8. The first-order chi connectivity index (χ1) is 31.3. The van der Waals surface area contributed by atoms with E-state index in [0.29, 0.717) is 40.3 Å². The average molecular weight is 861 g/mol. The van der Waals surface area contributed by atoms with Crippen molar-refractivity contribution in [1.29, 1.82) is 0 Å². The number of carbonyl (C=O) groups excluding carboxylic acids is 2. The second kappa shape index (κ2) is 22.1. The molecule has 0 N–H and O–H groups in total. The standard InChI is InChI=1S/C53H49FN2O8/c1-4-6-29-60-42-22-17-39(18-23-42)49(5-2)63-44-26-27-45-41(34-44)21-28-50(64-53(58)40-19-24-43(25-20-40)61-32-30-59-31-33-62-52(57)36(3)54)48(45)35-55-56-51-46-13-9-7-11-37(46)15-16-38-12-8-10-14-47(38)51/h7-28,34-35,49H,3-6,29-33H2,1-2H3/b55-35+. The minimum Gasteiger partial charge on any atom is -0.494 e. The summed E-state index contributed by atoms with van der Waals surface area (Å²) in [6.45, 7) is 8.16. The molecule has 10 nitrogen and oxygen atoms in total. The fourth-order valence-electron chi connectivity index (χ4n) is 7.00. The van der Waals surface area contributed by atoms with Gasteiger partial charge in [-0.3, -0.25) is 0 Å². The molecular formula is C53H49FN2O8. The van der Waals surface area contributed by atoms with Gasteiger partial charge < -0.3 is 28.4 Å². The van der Waals surface area contributed by atoms with Gasteiger partial charge in [0.05, 0.1) is 31.6 Å². The van der Waals surface area contributed by atoms with Crippen molar-refractivity contribution in [3.63, 3.8) is 0 Å². The summed E-state index contributed by atoms with van der Waals surface area (Å²) in [7, 11) is 0. The third-order valence-electron chi connectivity index (χ3n) is 10.4. The van der Waals surface area contributed by atoms with Crippen LogP contribution in [0.15, 0.2) is 162 Å². The number of nitrogens with zero attached hydrogens (tertiary/aromatic N) is 2. The lowest BCUT2D eigenvalue weighted by atomic mass is 10.0. The molecule has 0 heterocycles. The van der Waals surface area contributed by atoms with Crippen molar-refractivity contribution in [2.24, 2.45) is 10.2 Å². The Morgan fingerprint density at radius 3 is 1.97 bits per heavy atom. The molecule has 0 amide bonds. The highest BCUT2D eigenvalue weighted by molar-refractivity contribution is 6.04. The number of benzene rings is 6. The SMILES string of the molecule is C=C(F)C(=O)OCCOCCOc1ccc(C(=O)Oc2ccc3cc(OC(CC)c4ccc(OCCCC)cc4)ccc3c2/C=N/N=c2c3ccccc3ccc3ccccc23)cc1. The van der Waals surface area contributed by atoms with Crippen LogP contribution < -0.4 is 24.3 Å². The maximum Gasteiger partial charge on any atom is 0.366 e. The Hall–Kier alpha value is -7.37. The molecule has 7 aromatic rings. The van der Waals surface area contributed by atoms with Gasteiger partial charge >= 0.3 is 11.9 Å². The number of esters is 2. The second-order valence-corrected chi connectivity index (χ2v) is 14.8. The van der Waals surface area contributed by atoms with Gasteiger partial charge in [-0.1, -0.05) is 106 Å². The smallest absolute Gasteiger partial charge is 0.366 e. The Labute approximate surface area is 371 Å². The number of halogens is 1. The van der Waals surface area contributed by atoms with Gasteiger partial charge in [0.25, 0.3) is 0 Å². The fraction of sp³-hybridized carbons (Fsp3) is 0.208. The lowest BCUT2D eigenvalue weighted by molar-refractivity contribution is -0.142. The Balaban J connectivity index is 1.14. The highest BCUT2D eigenvalue weighted by Crippen LogP contribution is 2.33. The largest absolute Gasteiger partial charge is 0.494 e. The third kappa shape index (κ3) is 11.6. The zero-order chi connectivity index (χ0) is 44.7. The van der Waals surface area contributed by atoms with Crippen LogP contribution >= 0.6 is 0 Å². The third-order valence-corrected chi connectivity index (χ3v) is 10.4. The molecule has 0 saturated heterocycles. The molecule has 0 saturated carbocycles. The van der Waals surface area contributed by atoms with E-state index in [0.717, 1.165) is 62.9 Å². The van der Waals surface area contributed by atoms with Gasteiger partial charge in [-0.25, -0.2) is 9.59 Å². The van der Waals surface area contributed by atoms with Gasteiger partial charge in [0.1, 0.15) is 47.7 Å². The van der Waals surface area contributed by atoms with E-state index in [1.807, 2.05) is 97.1 Å². The van der Waals surface area contributed by atoms with Gasteiger partial charge in [0.2, 0.25) is 5.83 Å². The minimum absolute atomic E-state index is 0.0700. The summed E-state index contributed by atoms with van der Waals surface area (Å²) < 4.78 is 46.9. The average Bonchev–Trinajstić information content (AvgIpc) is 3.48. The van der Waals surface area contributed by atoms with Crippen molar-refractivity contribution in [3.05, 3.63) is 174 Å². The normalized spacial score (nSPS) is 11.7. The van der Waals surface area contributed by atoms with E-state index in [1.54, 1.807) is 36.5 Å². The van der Waals surface area contributed by atoms with Crippen molar-refractivity contribution < 1.29 is 42.4 Å².